The van der Waals surface area contributed by atoms with Crippen LogP contribution in [-0.2, 0) is 9.05 Å². The summed E-state index contributed by atoms with van der Waals surface area (Å²) in [4.78, 5) is 0.0629. The van der Waals surface area contributed by atoms with E-state index in [0.717, 1.165) is 11.1 Å². The highest BCUT2D eigenvalue weighted by Crippen LogP contribution is 2.29. The highest BCUT2D eigenvalue weighted by Gasteiger charge is 2.09. The quantitative estimate of drug-likeness (QED) is 0.758. The van der Waals surface area contributed by atoms with Crippen molar-refractivity contribution in [2.24, 2.45) is 0 Å². The van der Waals surface area contributed by atoms with Crippen LogP contribution in [0.25, 0.3) is 11.1 Å². The van der Waals surface area contributed by atoms with E-state index in [2.05, 4.69) is 0 Å². The fourth-order valence-electron chi connectivity index (χ4n) is 1.49. The molecule has 0 aliphatic heterocycles. The van der Waals surface area contributed by atoms with Crippen LogP contribution in [-0.4, -0.2) is 8.42 Å². The van der Waals surface area contributed by atoms with E-state index in [1.165, 1.54) is 12.1 Å². The van der Waals surface area contributed by atoms with E-state index < -0.39 is 9.05 Å². The molecule has 0 spiro atoms. The van der Waals surface area contributed by atoms with Gasteiger partial charge in [0.15, 0.2) is 0 Å². The van der Waals surface area contributed by atoms with Crippen molar-refractivity contribution < 1.29 is 8.42 Å². The van der Waals surface area contributed by atoms with Gasteiger partial charge in [-0.2, -0.15) is 0 Å². The molecule has 0 saturated carbocycles. The lowest BCUT2D eigenvalue weighted by Gasteiger charge is -2.04. The van der Waals surface area contributed by atoms with E-state index in [-0.39, 0.29) is 4.90 Å². The van der Waals surface area contributed by atoms with Crippen LogP contribution in [0, 0.1) is 0 Å². The minimum atomic E-state index is -3.69. The second kappa shape index (κ2) is 5.10. The zero-order valence-electron chi connectivity index (χ0n) is 8.90. The van der Waals surface area contributed by atoms with E-state index in [1.54, 1.807) is 30.3 Å². The molecule has 0 aliphatic carbocycles. The molecule has 2 aromatic rings. The van der Waals surface area contributed by atoms with Gasteiger partial charge in [-0.3, -0.25) is 0 Å². The van der Waals surface area contributed by atoms with E-state index in [4.69, 9.17) is 33.9 Å². The molecule has 0 fully saturated rings. The van der Waals surface area contributed by atoms with E-state index in [0.29, 0.717) is 10.0 Å². The van der Waals surface area contributed by atoms with Crippen molar-refractivity contribution in [1.82, 2.24) is 0 Å². The van der Waals surface area contributed by atoms with E-state index in [9.17, 15) is 8.42 Å². The normalized spacial score (nSPS) is 11.5. The Labute approximate surface area is 120 Å². The SMILES string of the molecule is O=S(=O)(Cl)c1ccc(-c2ccc(Cl)c(Cl)c2)cc1. The van der Waals surface area contributed by atoms with E-state index >= 15 is 0 Å². The summed E-state index contributed by atoms with van der Waals surface area (Å²) >= 11 is 11.7. The number of halogens is 3. The summed E-state index contributed by atoms with van der Waals surface area (Å²) < 4.78 is 22.2. The molecule has 0 unspecified atom stereocenters. The third-order valence-corrected chi connectivity index (χ3v) is 4.50. The van der Waals surface area contributed by atoms with Gasteiger partial charge in [0, 0.05) is 10.7 Å². The Hall–Kier alpha value is -0.740. The molecule has 2 nitrogen and oxygen atoms in total. The molecule has 0 aromatic heterocycles. The molecule has 0 amide bonds. The standard InChI is InChI=1S/C12H7Cl3O2S/c13-11-6-3-9(7-12(11)14)8-1-4-10(5-2-8)18(15,16)17/h1-7H. The highest BCUT2D eigenvalue weighted by atomic mass is 35.7. The summed E-state index contributed by atoms with van der Waals surface area (Å²) in [6, 6.07) is 11.4. The molecule has 0 aliphatic rings. The van der Waals surface area contributed by atoms with Gasteiger partial charge in [-0.05, 0) is 35.4 Å². The first-order chi connectivity index (χ1) is 8.38. The maximum absolute atomic E-state index is 11.1. The number of benzene rings is 2. The first-order valence-corrected chi connectivity index (χ1v) is 7.94. The van der Waals surface area contributed by atoms with Crippen molar-refractivity contribution in [1.29, 1.82) is 0 Å². The molecule has 0 radical (unpaired) electrons. The smallest absolute Gasteiger partial charge is 0.207 e. The lowest BCUT2D eigenvalue weighted by molar-refractivity contribution is 0.609. The van der Waals surface area contributed by atoms with Crippen LogP contribution in [0.1, 0.15) is 0 Å². The molecule has 0 atom stereocenters. The number of rotatable bonds is 2. The van der Waals surface area contributed by atoms with Crippen LogP contribution in [0.3, 0.4) is 0 Å². The summed E-state index contributed by atoms with van der Waals surface area (Å²) in [5.74, 6) is 0. The van der Waals surface area contributed by atoms with Crippen molar-refractivity contribution >= 4 is 42.9 Å². The third kappa shape index (κ3) is 2.98. The van der Waals surface area contributed by atoms with Gasteiger partial charge in [0.1, 0.15) is 0 Å². The lowest BCUT2D eigenvalue weighted by Crippen LogP contribution is -1.89. The average molecular weight is 322 g/mol. The fourth-order valence-corrected chi connectivity index (χ4v) is 2.55. The molecular formula is C12H7Cl3O2S. The summed E-state index contributed by atoms with van der Waals surface area (Å²) in [5, 5.41) is 0.920. The van der Waals surface area contributed by atoms with Gasteiger partial charge in [0.25, 0.3) is 9.05 Å². The topological polar surface area (TPSA) is 34.1 Å². The van der Waals surface area contributed by atoms with Gasteiger partial charge in [0.2, 0.25) is 0 Å². The maximum atomic E-state index is 11.1. The van der Waals surface area contributed by atoms with Crippen LogP contribution in [0.4, 0.5) is 0 Å². The summed E-state index contributed by atoms with van der Waals surface area (Å²) in [5.41, 5.74) is 1.68. The van der Waals surface area contributed by atoms with Crippen molar-refractivity contribution in [3.8, 4) is 11.1 Å². The Morgan fingerprint density at radius 1 is 0.778 bits per heavy atom. The molecule has 2 aromatic carbocycles. The second-order valence-electron chi connectivity index (χ2n) is 3.59. The molecule has 0 heterocycles. The molecule has 94 valence electrons. The summed E-state index contributed by atoms with van der Waals surface area (Å²) in [6.07, 6.45) is 0. The maximum Gasteiger partial charge on any atom is 0.261 e. The van der Waals surface area contributed by atoms with Gasteiger partial charge in [-0.15, -0.1) is 0 Å². The van der Waals surface area contributed by atoms with Gasteiger partial charge in [-0.25, -0.2) is 8.42 Å². The third-order valence-electron chi connectivity index (χ3n) is 2.39. The Bertz CT molecular complexity index is 679. The molecule has 0 bridgehead atoms. The van der Waals surface area contributed by atoms with Crippen LogP contribution >= 0.6 is 33.9 Å². The average Bonchev–Trinajstić information content (AvgIpc) is 2.32. The molecule has 2 rings (SSSR count). The van der Waals surface area contributed by atoms with Crippen LogP contribution in [0.5, 0.6) is 0 Å². The Morgan fingerprint density at radius 3 is 1.83 bits per heavy atom. The fraction of sp³-hybridized carbons (Fsp3) is 0. The largest absolute Gasteiger partial charge is 0.261 e. The van der Waals surface area contributed by atoms with Crippen LogP contribution in [0.15, 0.2) is 47.4 Å². The van der Waals surface area contributed by atoms with Crippen molar-refractivity contribution in [3.05, 3.63) is 52.5 Å². The van der Waals surface area contributed by atoms with Crippen LogP contribution < -0.4 is 0 Å². The van der Waals surface area contributed by atoms with Crippen molar-refractivity contribution in [2.75, 3.05) is 0 Å². The summed E-state index contributed by atoms with van der Waals surface area (Å²) in [7, 11) is 1.54. The molecule has 6 heteroatoms. The summed E-state index contributed by atoms with van der Waals surface area (Å²) in [6.45, 7) is 0. The first kappa shape index (κ1) is 13.7. The zero-order valence-corrected chi connectivity index (χ0v) is 12.0. The molecule has 0 saturated heterocycles. The van der Waals surface area contributed by atoms with Crippen molar-refractivity contribution in [3.63, 3.8) is 0 Å². The lowest BCUT2D eigenvalue weighted by atomic mass is 10.1. The molecular weight excluding hydrogens is 315 g/mol. The highest BCUT2D eigenvalue weighted by molar-refractivity contribution is 8.13. The van der Waals surface area contributed by atoms with Gasteiger partial charge < -0.3 is 0 Å². The monoisotopic (exact) mass is 320 g/mol. The van der Waals surface area contributed by atoms with Crippen molar-refractivity contribution in [2.45, 2.75) is 4.90 Å². The van der Waals surface area contributed by atoms with Gasteiger partial charge in [-0.1, -0.05) is 41.4 Å². The number of hydrogen-bond donors (Lipinski definition) is 0. The minimum Gasteiger partial charge on any atom is -0.207 e. The number of hydrogen-bond acceptors (Lipinski definition) is 2. The Kier molecular flexibility index (Phi) is 3.87. The molecule has 18 heavy (non-hydrogen) atoms. The van der Waals surface area contributed by atoms with Gasteiger partial charge in [0.05, 0.1) is 14.9 Å². The first-order valence-electron chi connectivity index (χ1n) is 4.88. The Morgan fingerprint density at radius 2 is 1.33 bits per heavy atom. The van der Waals surface area contributed by atoms with Crippen LogP contribution in [0.2, 0.25) is 10.0 Å². The zero-order chi connectivity index (χ0) is 13.3. The minimum absolute atomic E-state index is 0.0629. The second-order valence-corrected chi connectivity index (χ2v) is 6.97. The van der Waals surface area contributed by atoms with Gasteiger partial charge >= 0.3 is 0 Å². The predicted octanol–water partition coefficient (Wildman–Crippen LogP) is 4.59. The Balaban J connectivity index is 2.43. The van der Waals surface area contributed by atoms with E-state index in [1.807, 2.05) is 0 Å². The molecule has 0 N–H and O–H groups in total. The predicted molar refractivity (Wildman–Crippen MR) is 74.9 cm³/mol.